The Kier molecular flexibility index (Phi) is 10.6. The van der Waals surface area contributed by atoms with Gasteiger partial charge in [0.05, 0.1) is 6.61 Å². The SMILES string of the molecule is CC(C)CC(NC(=O)C(C)NC(=O)C(N)CO)C(=O)NC(Cc1ccc(O)cc1)C(=O)O. The van der Waals surface area contributed by atoms with Crippen LogP contribution >= 0.6 is 0 Å². The van der Waals surface area contributed by atoms with Crippen LogP contribution in [0.5, 0.6) is 5.75 Å². The smallest absolute Gasteiger partial charge is 0.326 e. The zero-order valence-corrected chi connectivity index (χ0v) is 18.4. The van der Waals surface area contributed by atoms with Gasteiger partial charge < -0.3 is 37.0 Å². The first-order chi connectivity index (χ1) is 14.9. The Hall–Kier alpha value is -3.18. The summed E-state index contributed by atoms with van der Waals surface area (Å²) in [6.45, 7) is 4.48. The molecule has 0 aromatic heterocycles. The number of benzene rings is 1. The predicted molar refractivity (Wildman–Crippen MR) is 115 cm³/mol. The summed E-state index contributed by atoms with van der Waals surface area (Å²) in [5.74, 6) is -3.28. The highest BCUT2D eigenvalue weighted by atomic mass is 16.4. The third-order valence-corrected chi connectivity index (χ3v) is 4.62. The van der Waals surface area contributed by atoms with Crippen LogP contribution in [0.4, 0.5) is 0 Å². The van der Waals surface area contributed by atoms with E-state index in [0.29, 0.717) is 5.56 Å². The number of carbonyl (C=O) groups is 4. The topological polar surface area (TPSA) is 191 Å². The van der Waals surface area contributed by atoms with Gasteiger partial charge in [-0.1, -0.05) is 26.0 Å². The second-order valence-corrected chi connectivity index (χ2v) is 7.98. The normalized spacial score (nSPS) is 14.7. The van der Waals surface area contributed by atoms with Crippen LogP contribution < -0.4 is 21.7 Å². The molecule has 0 spiro atoms. The number of aromatic hydroxyl groups is 1. The van der Waals surface area contributed by atoms with Gasteiger partial charge in [-0.15, -0.1) is 0 Å². The van der Waals surface area contributed by atoms with Gasteiger partial charge in [0.15, 0.2) is 0 Å². The molecule has 0 bridgehead atoms. The van der Waals surface area contributed by atoms with Crippen LogP contribution in [0, 0.1) is 5.92 Å². The molecule has 0 fully saturated rings. The number of carboxylic acids is 1. The molecule has 32 heavy (non-hydrogen) atoms. The summed E-state index contributed by atoms with van der Waals surface area (Å²) in [5.41, 5.74) is 6.00. The van der Waals surface area contributed by atoms with E-state index in [1.165, 1.54) is 19.1 Å². The zero-order chi connectivity index (χ0) is 24.4. The van der Waals surface area contributed by atoms with Gasteiger partial charge in [-0.2, -0.15) is 0 Å². The number of hydrogen-bond donors (Lipinski definition) is 7. The van der Waals surface area contributed by atoms with Crippen molar-refractivity contribution >= 4 is 23.7 Å². The summed E-state index contributed by atoms with van der Waals surface area (Å²) in [6, 6.07) is 1.42. The number of phenolic OH excluding ortho intramolecular Hbond substituents is 1. The Balaban J connectivity index is 2.86. The summed E-state index contributed by atoms with van der Waals surface area (Å²) < 4.78 is 0. The van der Waals surface area contributed by atoms with Crippen LogP contribution in [0.1, 0.15) is 32.8 Å². The molecule has 0 heterocycles. The number of hydrogen-bond acceptors (Lipinski definition) is 7. The van der Waals surface area contributed by atoms with E-state index in [1.807, 2.05) is 13.8 Å². The Morgan fingerprint density at radius 3 is 1.97 bits per heavy atom. The molecule has 0 aliphatic carbocycles. The van der Waals surface area contributed by atoms with Gasteiger partial charge in [0, 0.05) is 6.42 Å². The van der Waals surface area contributed by atoms with Gasteiger partial charge in [-0.25, -0.2) is 4.79 Å². The molecule has 1 aromatic carbocycles. The number of carbonyl (C=O) groups excluding carboxylic acids is 3. The van der Waals surface area contributed by atoms with Gasteiger partial charge in [0.1, 0.15) is 29.9 Å². The quantitative estimate of drug-likeness (QED) is 0.207. The minimum Gasteiger partial charge on any atom is -0.508 e. The van der Waals surface area contributed by atoms with Crippen molar-refractivity contribution in [2.45, 2.75) is 57.8 Å². The molecule has 0 saturated carbocycles. The molecule has 11 nitrogen and oxygen atoms in total. The van der Waals surface area contributed by atoms with Crippen LogP contribution in [0.15, 0.2) is 24.3 Å². The number of amides is 3. The van der Waals surface area contributed by atoms with E-state index in [0.717, 1.165) is 0 Å². The number of nitrogens with one attached hydrogen (secondary N) is 3. The fraction of sp³-hybridized carbons (Fsp3) is 0.524. The Morgan fingerprint density at radius 1 is 0.906 bits per heavy atom. The molecule has 1 aromatic rings. The summed E-state index contributed by atoms with van der Waals surface area (Å²) in [6.07, 6.45) is 0.217. The maximum absolute atomic E-state index is 12.8. The molecule has 3 amide bonds. The molecule has 0 aliphatic heterocycles. The molecule has 1 rings (SSSR count). The van der Waals surface area contributed by atoms with Crippen molar-refractivity contribution in [3.63, 3.8) is 0 Å². The maximum atomic E-state index is 12.8. The molecule has 11 heteroatoms. The van der Waals surface area contributed by atoms with Crippen molar-refractivity contribution < 1.29 is 34.5 Å². The van der Waals surface area contributed by atoms with Crippen LogP contribution in [0.2, 0.25) is 0 Å². The molecule has 4 unspecified atom stereocenters. The van der Waals surface area contributed by atoms with E-state index >= 15 is 0 Å². The molecular weight excluding hydrogens is 420 g/mol. The van der Waals surface area contributed by atoms with E-state index in [9.17, 15) is 29.4 Å². The number of rotatable bonds is 12. The van der Waals surface area contributed by atoms with E-state index in [1.54, 1.807) is 12.1 Å². The lowest BCUT2D eigenvalue weighted by molar-refractivity contribution is -0.142. The molecule has 0 aliphatic rings. The van der Waals surface area contributed by atoms with Crippen molar-refractivity contribution in [3.8, 4) is 5.75 Å². The largest absolute Gasteiger partial charge is 0.508 e. The lowest BCUT2D eigenvalue weighted by atomic mass is 10.0. The number of aliphatic hydroxyl groups is 1. The Morgan fingerprint density at radius 2 is 1.47 bits per heavy atom. The molecule has 8 N–H and O–H groups in total. The highest BCUT2D eigenvalue weighted by Gasteiger charge is 2.29. The second kappa shape index (κ2) is 12.6. The summed E-state index contributed by atoms with van der Waals surface area (Å²) >= 11 is 0. The minimum absolute atomic E-state index is 0.000801. The summed E-state index contributed by atoms with van der Waals surface area (Å²) in [7, 11) is 0. The van der Waals surface area contributed by atoms with Gasteiger partial charge in [0.25, 0.3) is 0 Å². The highest BCUT2D eigenvalue weighted by Crippen LogP contribution is 2.12. The average Bonchev–Trinajstić information content (AvgIpc) is 2.72. The average molecular weight is 453 g/mol. The van der Waals surface area contributed by atoms with Crippen LogP contribution in [-0.2, 0) is 25.6 Å². The van der Waals surface area contributed by atoms with Crippen LogP contribution in [0.25, 0.3) is 0 Å². The third-order valence-electron chi connectivity index (χ3n) is 4.62. The van der Waals surface area contributed by atoms with Crippen LogP contribution in [0.3, 0.4) is 0 Å². The fourth-order valence-corrected chi connectivity index (χ4v) is 2.81. The van der Waals surface area contributed by atoms with Gasteiger partial charge in [-0.3, -0.25) is 14.4 Å². The second-order valence-electron chi connectivity index (χ2n) is 7.98. The third kappa shape index (κ3) is 8.90. The summed E-state index contributed by atoms with van der Waals surface area (Å²) in [4.78, 5) is 48.7. The zero-order valence-electron chi connectivity index (χ0n) is 18.4. The van der Waals surface area contributed by atoms with Crippen molar-refractivity contribution in [1.82, 2.24) is 16.0 Å². The standard InChI is InChI=1S/C21H32N4O7/c1-11(2)8-16(24-18(28)12(3)23-19(29)15(22)10-26)20(30)25-17(21(31)32)9-13-4-6-14(27)7-5-13/h4-7,11-12,15-17,26-27H,8-10,22H2,1-3H3,(H,23,29)(H,24,28)(H,25,30)(H,31,32). The van der Waals surface area contributed by atoms with Gasteiger partial charge in [0.2, 0.25) is 17.7 Å². The number of aliphatic carboxylic acids is 1. The first-order valence-electron chi connectivity index (χ1n) is 10.2. The number of nitrogens with two attached hydrogens (primary N) is 1. The number of carboxylic acid groups (broad SMARTS) is 1. The van der Waals surface area contributed by atoms with E-state index < -0.39 is 54.5 Å². The first kappa shape index (κ1) is 26.9. The highest BCUT2D eigenvalue weighted by molar-refractivity contribution is 5.93. The van der Waals surface area contributed by atoms with Crippen molar-refractivity contribution in [1.29, 1.82) is 0 Å². The Labute approximate surface area is 186 Å². The van der Waals surface area contributed by atoms with Crippen molar-refractivity contribution in [3.05, 3.63) is 29.8 Å². The van der Waals surface area contributed by atoms with Crippen LogP contribution in [-0.4, -0.2) is 69.8 Å². The minimum atomic E-state index is -1.25. The van der Waals surface area contributed by atoms with Crippen molar-refractivity contribution in [2.75, 3.05) is 6.61 Å². The fourth-order valence-electron chi connectivity index (χ4n) is 2.81. The predicted octanol–water partition coefficient (Wildman–Crippen LogP) is -1.14. The maximum Gasteiger partial charge on any atom is 0.326 e. The first-order valence-corrected chi connectivity index (χ1v) is 10.2. The Bertz CT molecular complexity index is 798. The lowest BCUT2D eigenvalue weighted by Crippen LogP contribution is -2.57. The molecule has 0 radical (unpaired) electrons. The van der Waals surface area contributed by atoms with Crippen molar-refractivity contribution in [2.24, 2.45) is 11.7 Å². The molecule has 4 atom stereocenters. The van der Waals surface area contributed by atoms with Gasteiger partial charge >= 0.3 is 5.97 Å². The number of phenols is 1. The summed E-state index contributed by atoms with van der Waals surface area (Å²) in [5, 5.41) is 35.1. The molecule has 0 saturated heterocycles. The van der Waals surface area contributed by atoms with E-state index in [-0.39, 0.29) is 24.5 Å². The van der Waals surface area contributed by atoms with Gasteiger partial charge in [-0.05, 0) is 37.0 Å². The molecule has 178 valence electrons. The lowest BCUT2D eigenvalue weighted by Gasteiger charge is -2.24. The van der Waals surface area contributed by atoms with E-state index in [4.69, 9.17) is 10.8 Å². The number of aliphatic hydroxyl groups excluding tert-OH is 1. The molecular formula is C21H32N4O7. The van der Waals surface area contributed by atoms with E-state index in [2.05, 4.69) is 16.0 Å². The monoisotopic (exact) mass is 452 g/mol.